The van der Waals surface area contributed by atoms with Crippen LogP contribution in [0.3, 0.4) is 0 Å². The van der Waals surface area contributed by atoms with Crippen molar-refractivity contribution in [1.29, 1.82) is 0 Å². The number of amides is 4. The first-order valence-electron chi connectivity index (χ1n) is 10.2. The van der Waals surface area contributed by atoms with Crippen molar-refractivity contribution < 1.29 is 27.6 Å². The van der Waals surface area contributed by atoms with E-state index in [4.69, 9.17) is 0 Å². The molecule has 0 spiro atoms. The summed E-state index contributed by atoms with van der Waals surface area (Å²) >= 11 is 0. The van der Waals surface area contributed by atoms with E-state index in [2.05, 4.69) is 10.6 Å². The van der Waals surface area contributed by atoms with E-state index in [9.17, 15) is 27.6 Å². The lowest BCUT2D eigenvalue weighted by molar-refractivity contribution is -0.138. The van der Waals surface area contributed by atoms with Gasteiger partial charge in [0.2, 0.25) is 5.91 Å². The Morgan fingerprint density at radius 2 is 1.80 bits per heavy atom. The molecule has 2 aliphatic rings. The molecule has 164 valence electrons. The second-order valence-electron chi connectivity index (χ2n) is 8.13. The molecule has 0 aromatic heterocycles. The normalized spacial score (nSPS) is 23.7. The van der Waals surface area contributed by atoms with Crippen LogP contribution in [0.15, 0.2) is 24.3 Å². The second-order valence-corrected chi connectivity index (χ2v) is 8.13. The van der Waals surface area contributed by atoms with Gasteiger partial charge in [0, 0.05) is 6.04 Å². The monoisotopic (exact) mass is 425 g/mol. The zero-order chi connectivity index (χ0) is 21.9. The fraction of sp³-hybridized carbons (Fsp3) is 0.571. The van der Waals surface area contributed by atoms with Gasteiger partial charge >= 0.3 is 12.2 Å². The van der Waals surface area contributed by atoms with Crippen molar-refractivity contribution in [3.8, 4) is 0 Å². The number of urea groups is 1. The van der Waals surface area contributed by atoms with Crippen LogP contribution in [0.5, 0.6) is 0 Å². The number of hydrogen-bond donors (Lipinski definition) is 2. The van der Waals surface area contributed by atoms with Crippen LogP contribution in [0.2, 0.25) is 0 Å². The average molecular weight is 425 g/mol. The maximum Gasteiger partial charge on any atom is 0.416 e. The maximum absolute atomic E-state index is 13.0. The standard InChI is InChI=1S/C21H26F3N3O3/c1-20(14-8-7-9-15(12-14)21(22,23)24)18(29)27(19(30)26-20)13-17(28)25-16-10-5-3-2-4-6-11-16/h7-9,12,16H,2-6,10-11,13H2,1H3,(H,25,28)(H,26,30). The third-order valence-corrected chi connectivity index (χ3v) is 5.81. The first kappa shape index (κ1) is 22.1. The van der Waals surface area contributed by atoms with E-state index < -0.39 is 41.7 Å². The fourth-order valence-electron chi connectivity index (χ4n) is 4.06. The average Bonchev–Trinajstić information content (AvgIpc) is 2.87. The van der Waals surface area contributed by atoms with Crippen molar-refractivity contribution in [1.82, 2.24) is 15.5 Å². The lowest BCUT2D eigenvalue weighted by Crippen LogP contribution is -2.45. The molecular formula is C21H26F3N3O3. The van der Waals surface area contributed by atoms with E-state index in [1.54, 1.807) is 0 Å². The number of nitrogens with zero attached hydrogens (tertiary/aromatic N) is 1. The molecule has 1 heterocycles. The van der Waals surface area contributed by atoms with Crippen molar-refractivity contribution in [2.45, 2.75) is 69.6 Å². The van der Waals surface area contributed by atoms with Gasteiger partial charge in [-0.1, -0.05) is 44.2 Å². The summed E-state index contributed by atoms with van der Waals surface area (Å²) in [5.41, 5.74) is -2.57. The summed E-state index contributed by atoms with van der Waals surface area (Å²) in [5.74, 6) is -1.20. The van der Waals surface area contributed by atoms with Gasteiger partial charge in [-0.25, -0.2) is 4.79 Å². The van der Waals surface area contributed by atoms with Gasteiger partial charge in [0.05, 0.1) is 5.56 Å². The SMILES string of the molecule is CC1(c2cccc(C(F)(F)F)c2)NC(=O)N(CC(=O)NC2CCCCCCC2)C1=O. The first-order valence-corrected chi connectivity index (χ1v) is 10.2. The van der Waals surface area contributed by atoms with Crippen LogP contribution >= 0.6 is 0 Å². The van der Waals surface area contributed by atoms with E-state index in [-0.39, 0.29) is 11.6 Å². The molecule has 3 rings (SSSR count). The van der Waals surface area contributed by atoms with Gasteiger partial charge in [0.25, 0.3) is 5.91 Å². The van der Waals surface area contributed by atoms with Crippen LogP contribution in [0, 0.1) is 0 Å². The Morgan fingerprint density at radius 1 is 1.17 bits per heavy atom. The summed E-state index contributed by atoms with van der Waals surface area (Å²) < 4.78 is 39.1. The summed E-state index contributed by atoms with van der Waals surface area (Å²) in [5, 5.41) is 5.33. The fourth-order valence-corrected chi connectivity index (χ4v) is 4.06. The molecule has 2 N–H and O–H groups in total. The topological polar surface area (TPSA) is 78.5 Å². The van der Waals surface area contributed by atoms with E-state index >= 15 is 0 Å². The molecule has 9 heteroatoms. The smallest absolute Gasteiger partial charge is 0.352 e. The molecule has 0 bridgehead atoms. The summed E-state index contributed by atoms with van der Waals surface area (Å²) in [4.78, 5) is 38.5. The number of benzene rings is 1. The Kier molecular flexibility index (Phi) is 6.38. The first-order chi connectivity index (χ1) is 14.1. The quantitative estimate of drug-likeness (QED) is 0.722. The largest absolute Gasteiger partial charge is 0.416 e. The highest BCUT2D eigenvalue weighted by atomic mass is 19.4. The Labute approximate surface area is 173 Å². The van der Waals surface area contributed by atoms with E-state index in [1.807, 2.05) is 0 Å². The van der Waals surface area contributed by atoms with Gasteiger partial charge in [0.15, 0.2) is 0 Å². The number of alkyl halides is 3. The molecule has 1 unspecified atom stereocenters. The maximum atomic E-state index is 13.0. The zero-order valence-electron chi connectivity index (χ0n) is 16.8. The minimum Gasteiger partial charge on any atom is -0.352 e. The van der Waals surface area contributed by atoms with E-state index in [0.29, 0.717) is 0 Å². The summed E-state index contributed by atoms with van der Waals surface area (Å²) in [7, 11) is 0. The van der Waals surface area contributed by atoms with Gasteiger partial charge in [-0.15, -0.1) is 0 Å². The van der Waals surface area contributed by atoms with E-state index in [1.165, 1.54) is 25.5 Å². The number of carbonyl (C=O) groups excluding carboxylic acids is 3. The third-order valence-electron chi connectivity index (χ3n) is 5.81. The molecule has 1 saturated heterocycles. The highest BCUT2D eigenvalue weighted by Gasteiger charge is 2.50. The predicted molar refractivity (Wildman–Crippen MR) is 103 cm³/mol. The summed E-state index contributed by atoms with van der Waals surface area (Å²) in [6.45, 7) is 0.880. The van der Waals surface area contributed by atoms with Crippen molar-refractivity contribution in [2.75, 3.05) is 6.54 Å². The molecule has 1 aliphatic carbocycles. The zero-order valence-corrected chi connectivity index (χ0v) is 16.8. The minimum atomic E-state index is -4.57. The number of rotatable bonds is 4. The van der Waals surface area contributed by atoms with Crippen molar-refractivity contribution in [2.24, 2.45) is 0 Å². The Morgan fingerprint density at radius 3 is 2.43 bits per heavy atom. The Hall–Kier alpha value is -2.58. The molecule has 4 amide bonds. The number of hydrogen-bond acceptors (Lipinski definition) is 3. The molecule has 1 aliphatic heterocycles. The van der Waals surface area contributed by atoms with Crippen LogP contribution in [0.4, 0.5) is 18.0 Å². The molecule has 30 heavy (non-hydrogen) atoms. The Bertz CT molecular complexity index is 819. The van der Waals surface area contributed by atoms with Gasteiger partial charge < -0.3 is 10.6 Å². The van der Waals surface area contributed by atoms with Crippen LogP contribution in [-0.4, -0.2) is 35.3 Å². The molecule has 1 saturated carbocycles. The molecule has 6 nitrogen and oxygen atoms in total. The molecule has 1 aromatic rings. The van der Waals surface area contributed by atoms with Crippen molar-refractivity contribution in [3.63, 3.8) is 0 Å². The molecule has 2 fully saturated rings. The van der Waals surface area contributed by atoms with Crippen LogP contribution in [0.1, 0.15) is 63.0 Å². The Balaban J connectivity index is 1.70. The third kappa shape index (κ3) is 4.76. The van der Waals surface area contributed by atoms with Crippen molar-refractivity contribution in [3.05, 3.63) is 35.4 Å². The van der Waals surface area contributed by atoms with Crippen molar-refractivity contribution >= 4 is 17.8 Å². The number of carbonyl (C=O) groups is 3. The predicted octanol–water partition coefficient (Wildman–Crippen LogP) is 3.70. The highest BCUT2D eigenvalue weighted by Crippen LogP contribution is 2.34. The lowest BCUT2D eigenvalue weighted by atomic mass is 9.90. The van der Waals surface area contributed by atoms with Gasteiger partial charge in [-0.2, -0.15) is 13.2 Å². The van der Waals surface area contributed by atoms with Crippen LogP contribution in [-0.2, 0) is 21.3 Å². The van der Waals surface area contributed by atoms with Gasteiger partial charge in [-0.3, -0.25) is 14.5 Å². The molecule has 1 atom stereocenters. The number of halogens is 3. The van der Waals surface area contributed by atoms with Crippen LogP contribution < -0.4 is 10.6 Å². The summed E-state index contributed by atoms with van der Waals surface area (Å²) in [6.07, 6.45) is 2.60. The van der Waals surface area contributed by atoms with Crippen LogP contribution in [0.25, 0.3) is 0 Å². The number of imide groups is 1. The van der Waals surface area contributed by atoms with E-state index in [0.717, 1.165) is 55.6 Å². The molecule has 0 radical (unpaired) electrons. The van der Waals surface area contributed by atoms with Gasteiger partial charge in [-0.05, 0) is 37.5 Å². The minimum absolute atomic E-state index is 0.00779. The summed E-state index contributed by atoms with van der Waals surface area (Å²) in [6, 6.07) is 3.49. The molecule has 1 aromatic carbocycles. The highest BCUT2D eigenvalue weighted by molar-refractivity contribution is 6.09. The number of nitrogens with one attached hydrogen (secondary N) is 2. The lowest BCUT2D eigenvalue weighted by Gasteiger charge is -2.24. The van der Waals surface area contributed by atoms with Gasteiger partial charge in [0.1, 0.15) is 12.1 Å². The molecular weight excluding hydrogens is 399 g/mol. The second kappa shape index (κ2) is 8.65.